The van der Waals surface area contributed by atoms with Gasteiger partial charge in [0, 0.05) is 4.88 Å². The van der Waals surface area contributed by atoms with E-state index >= 15 is 0 Å². The first-order valence-corrected chi connectivity index (χ1v) is 8.03. The molecule has 1 unspecified atom stereocenters. The van der Waals surface area contributed by atoms with Crippen molar-refractivity contribution in [2.45, 2.75) is 17.9 Å². The summed E-state index contributed by atoms with van der Waals surface area (Å²) >= 11 is 1.62. The van der Waals surface area contributed by atoms with Crippen LogP contribution in [-0.2, 0) is 10.0 Å². The molecule has 0 saturated carbocycles. The second-order valence-electron chi connectivity index (χ2n) is 4.14. The van der Waals surface area contributed by atoms with Crippen molar-refractivity contribution in [2.75, 3.05) is 11.1 Å². The van der Waals surface area contributed by atoms with E-state index in [1.807, 2.05) is 24.4 Å². The molecule has 0 amide bonds. The fraction of sp³-hybridized carbons (Fsp3) is 0.167. The van der Waals surface area contributed by atoms with Crippen LogP contribution in [0, 0.1) is 0 Å². The standard InChI is InChI=1S/C12H15N3O2S2/c1-8(10-5-3-7-18-10)15-9-4-2-6-11(12(9)13)19(14,16)17/h2-8,15H,13H2,1H3,(H2,14,16,17). The van der Waals surface area contributed by atoms with Crippen molar-refractivity contribution in [1.29, 1.82) is 0 Å². The van der Waals surface area contributed by atoms with Gasteiger partial charge in [0.15, 0.2) is 0 Å². The van der Waals surface area contributed by atoms with Crippen LogP contribution < -0.4 is 16.2 Å². The number of benzene rings is 1. The third kappa shape index (κ3) is 3.06. The Hall–Kier alpha value is -1.57. The Bertz CT molecular complexity index is 666. The van der Waals surface area contributed by atoms with Crippen LogP contribution >= 0.6 is 11.3 Å². The molecule has 2 aromatic rings. The summed E-state index contributed by atoms with van der Waals surface area (Å²) in [6.45, 7) is 1.98. The van der Waals surface area contributed by atoms with Crippen molar-refractivity contribution in [3.8, 4) is 0 Å². The third-order valence-electron chi connectivity index (χ3n) is 2.71. The van der Waals surface area contributed by atoms with Crippen LogP contribution in [0.4, 0.5) is 11.4 Å². The lowest BCUT2D eigenvalue weighted by Gasteiger charge is -2.16. The first-order chi connectivity index (χ1) is 8.89. The zero-order valence-electron chi connectivity index (χ0n) is 10.3. The van der Waals surface area contributed by atoms with Crippen LogP contribution in [0.3, 0.4) is 0 Å². The van der Waals surface area contributed by atoms with E-state index in [9.17, 15) is 8.42 Å². The number of thiophene rings is 1. The lowest BCUT2D eigenvalue weighted by atomic mass is 10.2. The first kappa shape index (κ1) is 13.9. The molecule has 5 nitrogen and oxygen atoms in total. The molecule has 102 valence electrons. The molecule has 1 heterocycles. The number of anilines is 2. The number of nitrogen functional groups attached to an aromatic ring is 1. The normalized spacial score (nSPS) is 13.2. The molecule has 0 aliphatic heterocycles. The van der Waals surface area contributed by atoms with Gasteiger partial charge in [0.1, 0.15) is 4.90 Å². The van der Waals surface area contributed by atoms with Gasteiger partial charge in [-0.1, -0.05) is 12.1 Å². The summed E-state index contributed by atoms with van der Waals surface area (Å²) in [5.74, 6) is 0. The number of hydrogen-bond acceptors (Lipinski definition) is 5. The highest BCUT2D eigenvalue weighted by atomic mass is 32.2. The van der Waals surface area contributed by atoms with E-state index in [0.717, 1.165) is 4.88 Å². The van der Waals surface area contributed by atoms with E-state index in [1.54, 1.807) is 23.5 Å². The average Bonchev–Trinajstić information content (AvgIpc) is 2.83. The van der Waals surface area contributed by atoms with Crippen LogP contribution in [0.2, 0.25) is 0 Å². The molecule has 1 atom stereocenters. The minimum atomic E-state index is -3.81. The Kier molecular flexibility index (Phi) is 3.79. The van der Waals surface area contributed by atoms with Crippen LogP contribution in [0.25, 0.3) is 0 Å². The number of nitrogens with one attached hydrogen (secondary N) is 1. The van der Waals surface area contributed by atoms with Gasteiger partial charge in [0.25, 0.3) is 0 Å². The topological polar surface area (TPSA) is 98.2 Å². The molecule has 7 heteroatoms. The van der Waals surface area contributed by atoms with E-state index in [1.165, 1.54) is 6.07 Å². The Labute approximate surface area is 116 Å². The number of primary sulfonamides is 1. The van der Waals surface area contributed by atoms with E-state index in [0.29, 0.717) is 5.69 Å². The molecule has 1 aromatic carbocycles. The van der Waals surface area contributed by atoms with Crippen molar-refractivity contribution < 1.29 is 8.42 Å². The van der Waals surface area contributed by atoms with Gasteiger partial charge in [-0.25, -0.2) is 13.6 Å². The summed E-state index contributed by atoms with van der Waals surface area (Å²) < 4.78 is 22.8. The van der Waals surface area contributed by atoms with Gasteiger partial charge in [-0.05, 0) is 30.5 Å². The second kappa shape index (κ2) is 5.20. The fourth-order valence-electron chi connectivity index (χ4n) is 1.76. The summed E-state index contributed by atoms with van der Waals surface area (Å²) in [6, 6.07) is 8.74. The highest BCUT2D eigenvalue weighted by Gasteiger charge is 2.16. The fourth-order valence-corrected chi connectivity index (χ4v) is 3.18. The molecule has 2 rings (SSSR count). The van der Waals surface area contributed by atoms with Crippen molar-refractivity contribution >= 4 is 32.7 Å². The Morgan fingerprint density at radius 2 is 2.00 bits per heavy atom. The number of hydrogen-bond donors (Lipinski definition) is 3. The molecule has 0 aliphatic carbocycles. The maximum Gasteiger partial charge on any atom is 0.240 e. The van der Waals surface area contributed by atoms with Gasteiger partial charge in [0.05, 0.1) is 17.4 Å². The molecule has 1 aromatic heterocycles. The van der Waals surface area contributed by atoms with Crippen molar-refractivity contribution in [2.24, 2.45) is 5.14 Å². The van der Waals surface area contributed by atoms with Crippen LogP contribution in [0.5, 0.6) is 0 Å². The predicted octanol–water partition coefficient (Wildman–Crippen LogP) is 2.15. The number of sulfonamides is 1. The van der Waals surface area contributed by atoms with Crippen molar-refractivity contribution in [1.82, 2.24) is 0 Å². The third-order valence-corrected chi connectivity index (χ3v) is 4.74. The number of rotatable bonds is 4. The van der Waals surface area contributed by atoms with E-state index in [4.69, 9.17) is 10.9 Å². The molecule has 19 heavy (non-hydrogen) atoms. The molecule has 0 spiro atoms. The van der Waals surface area contributed by atoms with E-state index in [-0.39, 0.29) is 16.6 Å². The Morgan fingerprint density at radius 3 is 2.58 bits per heavy atom. The Balaban J connectivity index is 2.32. The van der Waals surface area contributed by atoms with Gasteiger partial charge in [0.2, 0.25) is 10.0 Å². The largest absolute Gasteiger partial charge is 0.396 e. The van der Waals surface area contributed by atoms with Gasteiger partial charge in [-0.3, -0.25) is 0 Å². The zero-order chi connectivity index (χ0) is 14.0. The second-order valence-corrected chi connectivity index (χ2v) is 6.65. The van der Waals surface area contributed by atoms with Crippen LogP contribution in [0.1, 0.15) is 17.8 Å². The van der Waals surface area contributed by atoms with Crippen molar-refractivity contribution in [3.63, 3.8) is 0 Å². The van der Waals surface area contributed by atoms with Crippen LogP contribution in [0.15, 0.2) is 40.6 Å². The summed E-state index contributed by atoms with van der Waals surface area (Å²) in [6.07, 6.45) is 0. The van der Waals surface area contributed by atoms with Crippen LogP contribution in [-0.4, -0.2) is 8.42 Å². The summed E-state index contributed by atoms with van der Waals surface area (Å²) in [4.78, 5) is 1.08. The summed E-state index contributed by atoms with van der Waals surface area (Å²) in [5, 5.41) is 10.3. The molecular formula is C12H15N3O2S2. The minimum Gasteiger partial charge on any atom is -0.396 e. The lowest BCUT2D eigenvalue weighted by Crippen LogP contribution is -2.16. The quantitative estimate of drug-likeness (QED) is 0.753. The first-order valence-electron chi connectivity index (χ1n) is 5.61. The Morgan fingerprint density at radius 1 is 1.26 bits per heavy atom. The van der Waals surface area contributed by atoms with Gasteiger partial charge in [-0.15, -0.1) is 11.3 Å². The number of para-hydroxylation sites is 1. The molecule has 5 N–H and O–H groups in total. The molecular weight excluding hydrogens is 282 g/mol. The highest BCUT2D eigenvalue weighted by Crippen LogP contribution is 2.30. The maximum atomic E-state index is 11.4. The molecule has 0 fully saturated rings. The smallest absolute Gasteiger partial charge is 0.240 e. The van der Waals surface area contributed by atoms with Gasteiger partial charge < -0.3 is 11.1 Å². The molecule has 0 saturated heterocycles. The molecule has 0 bridgehead atoms. The van der Waals surface area contributed by atoms with E-state index < -0.39 is 10.0 Å². The van der Waals surface area contributed by atoms with E-state index in [2.05, 4.69) is 5.32 Å². The van der Waals surface area contributed by atoms with Gasteiger partial charge >= 0.3 is 0 Å². The predicted molar refractivity (Wildman–Crippen MR) is 78.6 cm³/mol. The molecule has 0 radical (unpaired) electrons. The zero-order valence-corrected chi connectivity index (χ0v) is 12.0. The van der Waals surface area contributed by atoms with Crippen molar-refractivity contribution in [3.05, 3.63) is 40.6 Å². The summed E-state index contributed by atoms with van der Waals surface area (Å²) in [5.41, 5.74) is 6.56. The average molecular weight is 297 g/mol. The van der Waals surface area contributed by atoms with Gasteiger partial charge in [-0.2, -0.15) is 0 Å². The highest BCUT2D eigenvalue weighted by molar-refractivity contribution is 7.89. The SMILES string of the molecule is CC(Nc1cccc(S(N)(=O)=O)c1N)c1cccs1. The minimum absolute atomic E-state index is 0.0398. The maximum absolute atomic E-state index is 11.4. The number of nitrogens with two attached hydrogens (primary N) is 2. The summed E-state index contributed by atoms with van der Waals surface area (Å²) in [7, 11) is -3.81. The lowest BCUT2D eigenvalue weighted by molar-refractivity contribution is 0.598. The monoisotopic (exact) mass is 297 g/mol. The molecule has 0 aliphatic rings.